The van der Waals surface area contributed by atoms with E-state index in [9.17, 15) is 5.11 Å². The molecule has 0 atom stereocenters. The molecule has 0 saturated heterocycles. The van der Waals surface area contributed by atoms with Crippen LogP contribution in [0.15, 0.2) is 17.6 Å². The van der Waals surface area contributed by atoms with Gasteiger partial charge in [0.05, 0.1) is 0 Å². The van der Waals surface area contributed by atoms with Crippen LogP contribution in [0.4, 0.5) is 0 Å². The Morgan fingerprint density at radius 2 is 1.54 bits per heavy atom. The fraction of sp³-hybridized carbons (Fsp3) is 0.750. The summed E-state index contributed by atoms with van der Waals surface area (Å²) < 4.78 is 0. The van der Waals surface area contributed by atoms with Crippen LogP contribution in [0.5, 0.6) is 0 Å². The molecule has 0 bridgehead atoms. The summed E-state index contributed by atoms with van der Waals surface area (Å²) in [6.45, 7) is 0. The van der Waals surface area contributed by atoms with Gasteiger partial charge in [0, 0.05) is 6.42 Å². The van der Waals surface area contributed by atoms with Crippen molar-refractivity contribution >= 4 is 0 Å². The lowest BCUT2D eigenvalue weighted by Crippen LogP contribution is -1.84. The van der Waals surface area contributed by atoms with Gasteiger partial charge in [-0.15, -0.1) is 0 Å². The summed E-state index contributed by atoms with van der Waals surface area (Å²) >= 11 is 0. The van der Waals surface area contributed by atoms with Gasteiger partial charge in [0.1, 0.15) is 5.76 Å². The summed E-state index contributed by atoms with van der Waals surface area (Å²) in [5.74, 6) is 0.445. The smallest absolute Gasteiger partial charge is 0.134 e. The minimum Gasteiger partial charge on any atom is -0.505 e. The number of aliphatic hydroxyl groups is 1. The first kappa shape index (κ1) is 10.4. The molecule has 13 heavy (non-hydrogen) atoms. The van der Waals surface area contributed by atoms with Crippen LogP contribution < -0.4 is 0 Å². The summed E-state index contributed by atoms with van der Waals surface area (Å²) in [5, 5.41) is 9.37. The molecule has 1 nitrogen and oxygen atoms in total. The first-order valence-corrected chi connectivity index (χ1v) is 5.52. The van der Waals surface area contributed by atoms with Crippen molar-refractivity contribution in [3.05, 3.63) is 17.6 Å². The summed E-state index contributed by atoms with van der Waals surface area (Å²) in [5.41, 5.74) is 2.95. The summed E-state index contributed by atoms with van der Waals surface area (Å²) in [6.07, 6.45) is 12.9. The molecule has 74 valence electrons. The molecule has 0 radical (unpaired) electrons. The maximum Gasteiger partial charge on any atom is 0.134 e. The van der Waals surface area contributed by atoms with Gasteiger partial charge in [-0.05, 0) is 25.3 Å². The maximum absolute atomic E-state index is 9.37. The molecule has 0 saturated carbocycles. The zero-order chi connectivity index (χ0) is 9.36. The third-order valence-corrected chi connectivity index (χ3v) is 2.53. The van der Waals surface area contributed by atoms with Gasteiger partial charge < -0.3 is 5.11 Å². The minimum absolute atomic E-state index is 0.445. The molecule has 0 aromatic carbocycles. The van der Waals surface area contributed by atoms with Crippen LogP contribution in [-0.4, -0.2) is 5.11 Å². The second kappa shape index (κ2) is 6.80. The van der Waals surface area contributed by atoms with Crippen LogP contribution in [0.3, 0.4) is 0 Å². The number of rotatable bonds is 0. The molecule has 0 aliphatic heterocycles. The Bertz CT molecular complexity index is 187. The number of hydrogen-bond donors (Lipinski definition) is 1. The lowest BCUT2D eigenvalue weighted by atomic mass is 10.1. The number of hydrogen-bond acceptors (Lipinski definition) is 1. The predicted molar refractivity (Wildman–Crippen MR) is 55.8 cm³/mol. The summed E-state index contributed by atoms with van der Waals surface area (Å²) in [6, 6.07) is 0. The fourth-order valence-corrected chi connectivity index (χ4v) is 1.68. The van der Waals surface area contributed by atoms with Crippen LogP contribution >= 0.6 is 0 Å². The van der Waals surface area contributed by atoms with E-state index < -0.39 is 0 Å². The van der Waals surface area contributed by atoms with Crippen molar-refractivity contribution in [1.29, 1.82) is 0 Å². The molecule has 0 fully saturated rings. The van der Waals surface area contributed by atoms with Crippen LogP contribution in [0.1, 0.15) is 57.8 Å². The molecule has 1 N–H and O–H groups in total. The van der Waals surface area contributed by atoms with Crippen molar-refractivity contribution in [3.63, 3.8) is 0 Å². The van der Waals surface area contributed by atoms with Crippen molar-refractivity contribution in [2.75, 3.05) is 0 Å². The largest absolute Gasteiger partial charge is 0.505 e. The van der Waals surface area contributed by atoms with Gasteiger partial charge in [0.15, 0.2) is 0 Å². The second-order valence-electron chi connectivity index (χ2n) is 3.81. The maximum atomic E-state index is 9.37. The van der Waals surface area contributed by atoms with Crippen LogP contribution in [0.25, 0.3) is 0 Å². The minimum atomic E-state index is 0.445. The first-order valence-electron chi connectivity index (χ1n) is 5.52. The molecule has 0 heterocycles. The SMILES string of the molecule is OC1=C=CCCCCCCCCC1. The molecule has 1 heteroatoms. The standard InChI is InChI=1S/C12H20O/c13-12-10-8-6-4-2-1-3-5-7-9-11-12/h8,13H,1-7,9,11H2. The van der Waals surface area contributed by atoms with Crippen molar-refractivity contribution in [2.45, 2.75) is 57.8 Å². The van der Waals surface area contributed by atoms with Gasteiger partial charge in [-0.3, -0.25) is 0 Å². The second-order valence-corrected chi connectivity index (χ2v) is 3.81. The molecular weight excluding hydrogens is 160 g/mol. The Labute approximate surface area is 81.2 Å². The third kappa shape index (κ3) is 5.54. The lowest BCUT2D eigenvalue weighted by Gasteiger charge is -2.02. The van der Waals surface area contributed by atoms with Crippen molar-refractivity contribution < 1.29 is 5.11 Å². The Morgan fingerprint density at radius 3 is 2.31 bits per heavy atom. The summed E-state index contributed by atoms with van der Waals surface area (Å²) in [7, 11) is 0. The fourth-order valence-electron chi connectivity index (χ4n) is 1.68. The van der Waals surface area contributed by atoms with Crippen molar-refractivity contribution in [2.24, 2.45) is 0 Å². The summed E-state index contributed by atoms with van der Waals surface area (Å²) in [4.78, 5) is 0. The normalized spacial score (nSPS) is 21.4. The topological polar surface area (TPSA) is 20.2 Å². The molecule has 0 unspecified atom stereocenters. The number of allylic oxidation sites excluding steroid dienone is 1. The van der Waals surface area contributed by atoms with Gasteiger partial charge >= 0.3 is 0 Å². The molecule has 0 spiro atoms. The average Bonchev–Trinajstić information content (AvgIpc) is 2.11. The van der Waals surface area contributed by atoms with E-state index in [2.05, 4.69) is 5.73 Å². The third-order valence-electron chi connectivity index (χ3n) is 2.53. The van der Waals surface area contributed by atoms with Crippen LogP contribution in [0, 0.1) is 0 Å². The van der Waals surface area contributed by atoms with E-state index in [1.807, 2.05) is 6.08 Å². The molecular formula is C12H20O. The highest BCUT2D eigenvalue weighted by atomic mass is 16.3. The van der Waals surface area contributed by atoms with E-state index in [0.717, 1.165) is 19.3 Å². The molecule has 1 aliphatic carbocycles. The van der Waals surface area contributed by atoms with E-state index in [1.54, 1.807) is 0 Å². The van der Waals surface area contributed by atoms with Gasteiger partial charge in [0.2, 0.25) is 0 Å². The monoisotopic (exact) mass is 180 g/mol. The average molecular weight is 180 g/mol. The number of aliphatic hydroxyl groups excluding tert-OH is 1. The Kier molecular flexibility index (Phi) is 5.44. The Morgan fingerprint density at radius 1 is 0.923 bits per heavy atom. The molecule has 0 aromatic heterocycles. The van der Waals surface area contributed by atoms with E-state index >= 15 is 0 Å². The lowest BCUT2D eigenvalue weighted by molar-refractivity contribution is 0.381. The molecule has 0 aromatic rings. The van der Waals surface area contributed by atoms with E-state index in [4.69, 9.17) is 0 Å². The van der Waals surface area contributed by atoms with E-state index in [0.29, 0.717) is 5.76 Å². The highest BCUT2D eigenvalue weighted by molar-refractivity contribution is 4.91. The van der Waals surface area contributed by atoms with Crippen LogP contribution in [0.2, 0.25) is 0 Å². The quantitative estimate of drug-likeness (QED) is 0.556. The van der Waals surface area contributed by atoms with Gasteiger partial charge in [0.25, 0.3) is 0 Å². The van der Waals surface area contributed by atoms with E-state index in [1.165, 1.54) is 38.5 Å². The predicted octanol–water partition coefficient (Wildman–Crippen LogP) is 4.11. The van der Waals surface area contributed by atoms with E-state index in [-0.39, 0.29) is 0 Å². The Balaban J connectivity index is 2.35. The van der Waals surface area contributed by atoms with Crippen LogP contribution in [-0.2, 0) is 0 Å². The highest BCUT2D eigenvalue weighted by Crippen LogP contribution is 2.12. The van der Waals surface area contributed by atoms with Gasteiger partial charge in [-0.1, -0.05) is 37.8 Å². The Hall–Kier alpha value is -0.680. The van der Waals surface area contributed by atoms with Crippen molar-refractivity contribution in [3.8, 4) is 0 Å². The molecule has 0 amide bonds. The molecule has 1 rings (SSSR count). The first-order chi connectivity index (χ1) is 6.39. The zero-order valence-electron chi connectivity index (χ0n) is 8.39. The molecule has 1 aliphatic rings. The zero-order valence-corrected chi connectivity index (χ0v) is 8.39. The van der Waals surface area contributed by atoms with Gasteiger partial charge in [-0.2, -0.15) is 0 Å². The van der Waals surface area contributed by atoms with Gasteiger partial charge in [-0.25, -0.2) is 0 Å². The van der Waals surface area contributed by atoms with Crippen molar-refractivity contribution in [1.82, 2.24) is 0 Å². The highest BCUT2D eigenvalue weighted by Gasteiger charge is 1.95.